The highest BCUT2D eigenvalue weighted by Crippen LogP contribution is 2.57. The highest BCUT2D eigenvalue weighted by atomic mass is 32.1. The van der Waals surface area contributed by atoms with Gasteiger partial charge >= 0.3 is 5.97 Å². The van der Waals surface area contributed by atoms with Crippen molar-refractivity contribution >= 4 is 141 Å². The van der Waals surface area contributed by atoms with Crippen molar-refractivity contribution in [3.63, 3.8) is 0 Å². The molecule has 8 atom stereocenters. The molecule has 4 heterocycles. The van der Waals surface area contributed by atoms with Gasteiger partial charge in [-0.1, -0.05) is 18.9 Å². The van der Waals surface area contributed by atoms with Crippen LogP contribution < -0.4 is 156 Å². The Balaban J connectivity index is 1.000. The molecule has 53 heteroatoms. The Kier molecular flexibility index (Phi) is 49.1. The van der Waals surface area contributed by atoms with E-state index in [1.54, 1.807) is 37.4 Å². The summed E-state index contributed by atoms with van der Waals surface area (Å²) in [6, 6.07) is 9.96. The molecule has 0 aliphatic carbocycles. The summed E-state index contributed by atoms with van der Waals surface area (Å²) in [5, 5.41) is 103. The SMILES string of the molecule is Cc1nccc(-c2ccc(C(=O)NCCCCCC(=O)N[C@H](CCCNC(=N)N)C(=O)NCCCCCC(=O)N[C@H](CCCNC(=N)N)C(=O)N[C@H](CCCNC(=N)N)C(=O)N[C@H](CCCNC(=N)N)C(=O)N[C@H](CCCNC(=N)N)C(=O)N[C@H](CCCNC(=N)N)C(=O)N[C@H](CCCNC(=N)N)C(=O)N[C@H](CCCCNC(=O)c3ccc4c(c3)C(=O)OC43c4ccc(N(C)C)cc4Oc4cc(N(C)C)ccc43)C(N)=O)s2)n1. The number of thiophene rings is 1. The summed E-state index contributed by atoms with van der Waals surface area (Å²) in [6.45, 7) is 2.66. The Labute approximate surface area is 862 Å². The summed E-state index contributed by atoms with van der Waals surface area (Å²) in [4.78, 5) is 198. The van der Waals surface area contributed by atoms with Gasteiger partial charge in [-0.3, -0.25) is 95.4 Å². The molecule has 0 fully saturated rings. The summed E-state index contributed by atoms with van der Waals surface area (Å²) in [5.41, 5.74) is 48.0. The predicted octanol–water partition coefficient (Wildman–Crippen LogP) is -2.01. The van der Waals surface area contributed by atoms with Crippen LogP contribution >= 0.6 is 11.3 Å². The van der Waals surface area contributed by atoms with Gasteiger partial charge in [-0.25, -0.2) is 14.8 Å². The molecule has 3 aromatic carbocycles. The van der Waals surface area contributed by atoms with Crippen LogP contribution in [0.2, 0.25) is 0 Å². The van der Waals surface area contributed by atoms with Crippen molar-refractivity contribution in [1.29, 1.82) is 37.9 Å². The minimum Gasteiger partial charge on any atom is -0.456 e. The first-order valence-electron chi connectivity index (χ1n) is 49.2. The van der Waals surface area contributed by atoms with Crippen molar-refractivity contribution in [1.82, 2.24) is 106 Å². The smallest absolute Gasteiger partial charge is 0.340 e. The summed E-state index contributed by atoms with van der Waals surface area (Å²) in [6.07, 6.45) is 4.58. The average Bonchev–Trinajstić information content (AvgIpc) is 1.52. The van der Waals surface area contributed by atoms with Crippen molar-refractivity contribution < 1.29 is 71.8 Å². The minimum absolute atomic E-state index is 0.00732. The maximum absolute atomic E-state index is 15.1. The molecule has 148 heavy (non-hydrogen) atoms. The van der Waals surface area contributed by atoms with Crippen molar-refractivity contribution in [2.75, 3.05) is 103 Å². The predicted molar refractivity (Wildman–Crippen MR) is 561 cm³/mol. The monoisotopic (exact) mass is 2080 g/mol. The molecule has 808 valence electrons. The molecule has 1 spiro atoms. The Morgan fingerprint density at radius 3 is 1.05 bits per heavy atom. The molecule has 0 bridgehead atoms. The maximum Gasteiger partial charge on any atom is 0.340 e. The van der Waals surface area contributed by atoms with Crippen molar-refractivity contribution in [3.05, 3.63) is 118 Å². The largest absolute Gasteiger partial charge is 0.456 e. The molecule has 0 saturated heterocycles. The quantitative estimate of drug-likeness (QED) is 0.00865. The van der Waals surface area contributed by atoms with E-state index in [9.17, 15) is 52.7 Å². The van der Waals surface area contributed by atoms with Gasteiger partial charge in [-0.05, 0) is 196 Å². The second-order valence-corrected chi connectivity index (χ2v) is 37.1. The molecular formula is C95H147N37O15S. The number of hydrogen-bond acceptors (Lipinski definition) is 27. The van der Waals surface area contributed by atoms with Crippen LogP contribution in [0.15, 0.2) is 79.0 Å². The van der Waals surface area contributed by atoms with Gasteiger partial charge in [0.05, 0.1) is 21.0 Å². The van der Waals surface area contributed by atoms with Crippen LogP contribution in [0.25, 0.3) is 10.6 Å². The number of rotatable bonds is 66. The van der Waals surface area contributed by atoms with Crippen LogP contribution in [-0.2, 0) is 58.3 Å². The molecule has 0 unspecified atom stereocenters. The lowest BCUT2D eigenvalue weighted by molar-refractivity contribution is -0.136. The van der Waals surface area contributed by atoms with E-state index in [2.05, 4.69) is 106 Å². The third kappa shape index (κ3) is 40.1. The van der Waals surface area contributed by atoms with Crippen molar-refractivity contribution in [2.24, 2.45) is 45.9 Å². The van der Waals surface area contributed by atoms with E-state index in [1.807, 2.05) is 80.5 Å². The number of anilines is 2. The molecule has 0 saturated carbocycles. The number of carbonyl (C=O) groups is 13. The summed E-state index contributed by atoms with van der Waals surface area (Å²) in [5.74, 6) is -10.6. The normalized spacial score (nSPS) is 13.3. The molecule has 0 radical (unpaired) electrons. The van der Waals surface area contributed by atoms with Gasteiger partial charge in [0.25, 0.3) is 11.8 Å². The van der Waals surface area contributed by atoms with Gasteiger partial charge in [0.1, 0.15) is 65.7 Å². The van der Waals surface area contributed by atoms with Gasteiger partial charge in [-0.15, -0.1) is 11.3 Å². The summed E-state index contributed by atoms with van der Waals surface area (Å²) < 4.78 is 12.9. The molecule has 5 aromatic rings. The van der Waals surface area contributed by atoms with Crippen LogP contribution in [0, 0.1) is 44.8 Å². The molecule has 12 amide bonds. The zero-order chi connectivity index (χ0) is 109. The second-order valence-electron chi connectivity index (χ2n) is 36.0. The number of primary amides is 1. The number of aryl methyl sites for hydroxylation is 1. The number of hydrogen-bond donors (Lipinski definition) is 33. The number of benzene rings is 3. The van der Waals surface area contributed by atoms with E-state index in [-0.39, 0.29) is 216 Å². The molecule has 41 N–H and O–H groups in total. The molecular weight excluding hydrogens is 1930 g/mol. The van der Waals surface area contributed by atoms with E-state index in [4.69, 9.17) is 93.2 Å². The highest BCUT2D eigenvalue weighted by molar-refractivity contribution is 7.17. The fourth-order valence-corrected chi connectivity index (χ4v) is 17.1. The number of ether oxygens (including phenoxy) is 2. The van der Waals surface area contributed by atoms with E-state index in [0.29, 0.717) is 84.0 Å². The highest BCUT2D eigenvalue weighted by Gasteiger charge is 2.54. The van der Waals surface area contributed by atoms with Gasteiger partial charge in [-0.2, -0.15) is 0 Å². The van der Waals surface area contributed by atoms with Crippen LogP contribution in [0.5, 0.6) is 11.5 Å². The van der Waals surface area contributed by atoms with E-state index in [1.165, 1.54) is 17.4 Å². The van der Waals surface area contributed by atoms with Gasteiger partial charge in [0.2, 0.25) is 59.1 Å². The zero-order valence-electron chi connectivity index (χ0n) is 84.3. The third-order valence-corrected chi connectivity index (χ3v) is 25.0. The van der Waals surface area contributed by atoms with E-state index in [0.717, 1.165) is 21.9 Å². The molecule has 7 rings (SSSR count). The third-order valence-electron chi connectivity index (χ3n) is 23.9. The number of fused-ring (bicyclic) bond motifs is 6. The van der Waals surface area contributed by atoms with E-state index >= 15 is 9.59 Å². The fraction of sp³-hybridized carbons (Fsp3) is 0.516. The Morgan fingerprint density at radius 2 is 0.689 bits per heavy atom. The number of nitrogens with two attached hydrogens (primary N) is 8. The Hall–Kier alpha value is -16.2. The topological polar surface area (TPSA) is 864 Å². The minimum atomic E-state index is -1.59. The second kappa shape index (κ2) is 61.2. The first kappa shape index (κ1) is 119. The summed E-state index contributed by atoms with van der Waals surface area (Å²) in [7, 11) is 7.57. The first-order valence-corrected chi connectivity index (χ1v) is 50.0. The number of unbranched alkanes of at least 4 members (excludes halogenated alkanes) is 5. The van der Waals surface area contributed by atoms with Crippen LogP contribution in [0.1, 0.15) is 213 Å². The zero-order valence-corrected chi connectivity index (χ0v) is 85.1. The Bertz CT molecular complexity index is 5410. The Morgan fingerprint density at radius 1 is 0.358 bits per heavy atom. The molecule has 2 aromatic heterocycles. The lowest BCUT2D eigenvalue weighted by atomic mass is 9.77. The number of carbonyl (C=O) groups excluding carboxylic acids is 13. The first-order chi connectivity index (χ1) is 70.5. The number of esters is 1. The van der Waals surface area contributed by atoms with Crippen molar-refractivity contribution in [3.8, 4) is 22.1 Å². The van der Waals surface area contributed by atoms with Gasteiger partial charge in [0.15, 0.2) is 47.3 Å². The number of amides is 12. The van der Waals surface area contributed by atoms with Crippen molar-refractivity contribution in [2.45, 2.75) is 221 Å². The van der Waals surface area contributed by atoms with Crippen LogP contribution in [0.3, 0.4) is 0 Å². The molecule has 52 nitrogen and oxygen atoms in total. The number of aromatic nitrogens is 2. The standard InChI is InChI=1S/C95H147N37O15S/c1-54-111-50-39-62(122-54)73-37-38-74(148-73)86(144)114-41-12-7-9-29-75(133)123-64(22-14-43-115-88(97)98)79(137)113-40-11-6-8-30-76(134)124-65(23-15-44-116-89(99)100)80(138)126-67(25-17-46-118-91(103)104)82(140)128-69(27-19-48-120-93(107)108)84(142)130-70(28-20-49-121-94(109)110)85(143)129-68(26-18-47-119-92(105)106)83(141)127-66(24-16-45-117-90(101)102)81(139)125-63(77(96)135)21-10-13-42-112-78(136)55-31-34-59-58(51-55)87(145)147-95(59)60-35-32-56(131(2)3)52-71(60)146-72-53-57(132(4)5)33-36-61(72)95/h31-39,50-53,63-70H,6-30,40-49H2,1-5H3,(H2,96,135)(H,112,136)(H,113,137)(H,114,144)(H,123,133)(H,124,134)(H,125,139)(H,126,138)(H,127,141)(H,128,140)(H,129,143)(H,130,142)(H4,97,98,115)(H4,99,100,116)(H4,101,102,117)(H4,103,104,118)(H4,105,106,119)(H4,107,108,120)(H4,109,110,121)/t63-,64-,65-,66-,67-,68-,69-,70-/m1/s1. The number of guanidine groups is 7. The number of nitrogens with zero attached hydrogens (tertiary/aromatic N) is 4. The fourth-order valence-electron chi connectivity index (χ4n) is 16.2. The van der Waals surface area contributed by atoms with E-state index < -0.39 is 149 Å². The van der Waals surface area contributed by atoms with Gasteiger partial charge < -0.3 is 161 Å². The average molecular weight is 2080 g/mol. The lowest BCUT2D eigenvalue weighted by Crippen LogP contribution is -2.60. The molecule has 2 aliphatic heterocycles. The lowest BCUT2D eigenvalue weighted by Gasteiger charge is -2.37. The van der Waals surface area contributed by atoms with Crippen LogP contribution in [0.4, 0.5) is 11.4 Å². The van der Waals surface area contributed by atoms with Gasteiger partial charge in [0, 0.05) is 158 Å². The molecule has 2 aliphatic rings. The maximum atomic E-state index is 15.1. The summed E-state index contributed by atoms with van der Waals surface area (Å²) >= 11 is 1.31. The number of nitrogens with one attached hydrogen (secondary N) is 25. The van der Waals surface area contributed by atoms with Crippen LogP contribution in [-0.4, -0.2) is 271 Å².